The topological polar surface area (TPSA) is 17.1 Å². The molecule has 3 atom stereocenters. The summed E-state index contributed by atoms with van der Waals surface area (Å²) >= 11 is 5.57. The summed E-state index contributed by atoms with van der Waals surface area (Å²) < 4.78 is 0. The second-order valence-electron chi connectivity index (χ2n) is 5.89. The number of carbonyl (C=O) groups is 1. The van der Waals surface area contributed by atoms with Gasteiger partial charge in [0.1, 0.15) is 0 Å². The molecule has 1 saturated carbocycles. The van der Waals surface area contributed by atoms with Crippen LogP contribution in [0.15, 0.2) is 12.2 Å². The Hall–Kier alpha value is -0.300. The van der Waals surface area contributed by atoms with Crippen LogP contribution >= 0.6 is 11.6 Å². The van der Waals surface area contributed by atoms with Crippen molar-refractivity contribution in [2.24, 2.45) is 16.2 Å². The number of allylic oxidation sites excluding steroid dienone is 2. The van der Waals surface area contributed by atoms with E-state index in [4.69, 9.17) is 11.6 Å². The minimum Gasteiger partial charge on any atom is -0.281 e. The molecular weight excluding hydrogens is 208 g/mol. The maximum absolute atomic E-state index is 11.2. The SMILES string of the molecule is C[C@]12CCC[C@@]1(C)C=C[C@@]2(C)CC(=O)Cl. The van der Waals surface area contributed by atoms with Crippen molar-refractivity contribution >= 4 is 16.8 Å². The van der Waals surface area contributed by atoms with E-state index in [2.05, 4.69) is 32.9 Å². The number of rotatable bonds is 2. The summed E-state index contributed by atoms with van der Waals surface area (Å²) in [7, 11) is 0. The fourth-order valence-electron chi connectivity index (χ4n) is 3.67. The zero-order valence-electron chi connectivity index (χ0n) is 9.77. The molecule has 2 heteroatoms. The quantitative estimate of drug-likeness (QED) is 0.515. The van der Waals surface area contributed by atoms with Gasteiger partial charge in [0, 0.05) is 6.42 Å². The van der Waals surface area contributed by atoms with E-state index in [0.29, 0.717) is 6.42 Å². The Morgan fingerprint density at radius 3 is 2.53 bits per heavy atom. The van der Waals surface area contributed by atoms with Gasteiger partial charge in [-0.05, 0) is 40.7 Å². The Kier molecular flexibility index (Phi) is 2.31. The Labute approximate surface area is 96.9 Å². The van der Waals surface area contributed by atoms with E-state index >= 15 is 0 Å². The molecule has 0 bridgehead atoms. The third-order valence-electron chi connectivity index (χ3n) is 5.22. The molecule has 2 rings (SSSR count). The molecule has 2 aliphatic rings. The number of fused-ring (bicyclic) bond motifs is 1. The van der Waals surface area contributed by atoms with Crippen molar-refractivity contribution < 1.29 is 4.79 Å². The highest BCUT2D eigenvalue weighted by Gasteiger charge is 2.59. The maximum atomic E-state index is 11.2. The number of hydrogen-bond acceptors (Lipinski definition) is 1. The monoisotopic (exact) mass is 226 g/mol. The zero-order chi connectivity index (χ0) is 11.3. The lowest BCUT2D eigenvalue weighted by atomic mass is 9.58. The highest BCUT2D eigenvalue weighted by Crippen LogP contribution is 2.67. The van der Waals surface area contributed by atoms with Crippen LogP contribution in [0.3, 0.4) is 0 Å². The number of halogens is 1. The Morgan fingerprint density at radius 1 is 1.27 bits per heavy atom. The molecule has 15 heavy (non-hydrogen) atoms. The van der Waals surface area contributed by atoms with E-state index in [1.165, 1.54) is 19.3 Å². The van der Waals surface area contributed by atoms with Gasteiger partial charge in [0.2, 0.25) is 5.24 Å². The first kappa shape index (κ1) is 11.2. The molecule has 0 spiro atoms. The smallest absolute Gasteiger partial charge is 0.222 e. The summed E-state index contributed by atoms with van der Waals surface area (Å²) in [6.45, 7) is 6.82. The predicted octanol–water partition coefficient (Wildman–Crippen LogP) is 3.91. The Morgan fingerprint density at radius 2 is 1.93 bits per heavy atom. The molecule has 2 aliphatic carbocycles. The average molecular weight is 227 g/mol. The van der Waals surface area contributed by atoms with Crippen LogP contribution in [-0.2, 0) is 4.79 Å². The van der Waals surface area contributed by atoms with E-state index in [0.717, 1.165) is 0 Å². The molecule has 0 radical (unpaired) electrons. The second kappa shape index (κ2) is 3.10. The lowest BCUT2D eigenvalue weighted by molar-refractivity contribution is -0.115. The van der Waals surface area contributed by atoms with Gasteiger partial charge in [-0.2, -0.15) is 0 Å². The van der Waals surface area contributed by atoms with E-state index in [1.54, 1.807) is 0 Å². The summed E-state index contributed by atoms with van der Waals surface area (Å²) in [6, 6.07) is 0. The van der Waals surface area contributed by atoms with E-state index in [-0.39, 0.29) is 21.5 Å². The Balaban J connectivity index is 2.37. The molecule has 0 aromatic heterocycles. The molecule has 0 N–H and O–H groups in total. The zero-order valence-corrected chi connectivity index (χ0v) is 10.5. The third kappa shape index (κ3) is 1.32. The van der Waals surface area contributed by atoms with Crippen molar-refractivity contribution in [3.8, 4) is 0 Å². The highest BCUT2D eigenvalue weighted by atomic mass is 35.5. The van der Waals surface area contributed by atoms with E-state index in [9.17, 15) is 4.79 Å². The molecule has 0 aromatic carbocycles. The molecular formula is C13H19ClO. The van der Waals surface area contributed by atoms with Crippen LogP contribution in [0.25, 0.3) is 0 Å². The summed E-state index contributed by atoms with van der Waals surface area (Å²) in [5, 5.41) is -0.209. The van der Waals surface area contributed by atoms with Crippen molar-refractivity contribution in [3.63, 3.8) is 0 Å². The van der Waals surface area contributed by atoms with Gasteiger partial charge in [-0.15, -0.1) is 0 Å². The van der Waals surface area contributed by atoms with E-state index < -0.39 is 0 Å². The van der Waals surface area contributed by atoms with Crippen molar-refractivity contribution in [2.45, 2.75) is 46.5 Å². The van der Waals surface area contributed by atoms with Crippen LogP contribution in [0.2, 0.25) is 0 Å². The molecule has 0 amide bonds. The van der Waals surface area contributed by atoms with Gasteiger partial charge in [-0.25, -0.2) is 0 Å². The molecule has 84 valence electrons. The van der Waals surface area contributed by atoms with Crippen molar-refractivity contribution in [2.75, 3.05) is 0 Å². The molecule has 0 unspecified atom stereocenters. The van der Waals surface area contributed by atoms with Gasteiger partial charge < -0.3 is 0 Å². The van der Waals surface area contributed by atoms with Crippen LogP contribution < -0.4 is 0 Å². The third-order valence-corrected chi connectivity index (χ3v) is 5.35. The van der Waals surface area contributed by atoms with Crippen molar-refractivity contribution in [1.29, 1.82) is 0 Å². The fourth-order valence-corrected chi connectivity index (χ4v) is 3.95. The second-order valence-corrected chi connectivity index (χ2v) is 6.31. The van der Waals surface area contributed by atoms with Gasteiger partial charge >= 0.3 is 0 Å². The number of carbonyl (C=O) groups excluding carboxylic acids is 1. The highest BCUT2D eigenvalue weighted by molar-refractivity contribution is 6.63. The first-order valence-corrected chi connectivity index (χ1v) is 6.10. The molecule has 0 saturated heterocycles. The Bertz CT molecular complexity index is 335. The maximum Gasteiger partial charge on any atom is 0.222 e. The minimum absolute atomic E-state index is 0.0446. The van der Waals surface area contributed by atoms with E-state index in [1.807, 2.05) is 0 Å². The fraction of sp³-hybridized carbons (Fsp3) is 0.769. The van der Waals surface area contributed by atoms with Crippen LogP contribution in [0.4, 0.5) is 0 Å². The summed E-state index contributed by atoms with van der Waals surface area (Å²) in [5.74, 6) is 0. The standard InChI is InChI=1S/C13H19ClO/c1-11-5-4-6-13(11,3)12(2,8-7-11)9-10(14)15/h7-8H,4-6,9H2,1-3H3/t11-,12-,13-/m0/s1. The van der Waals surface area contributed by atoms with Crippen LogP contribution in [0.1, 0.15) is 46.5 Å². The lowest BCUT2D eigenvalue weighted by Crippen LogP contribution is -2.40. The molecule has 0 aromatic rings. The molecule has 1 nitrogen and oxygen atoms in total. The summed E-state index contributed by atoms with van der Waals surface area (Å²) in [4.78, 5) is 11.2. The molecule has 0 heterocycles. The van der Waals surface area contributed by atoms with Crippen LogP contribution in [0.5, 0.6) is 0 Å². The first-order chi connectivity index (χ1) is 6.83. The summed E-state index contributed by atoms with van der Waals surface area (Å²) in [5.41, 5.74) is 0.440. The van der Waals surface area contributed by atoms with Crippen LogP contribution in [-0.4, -0.2) is 5.24 Å². The predicted molar refractivity (Wildman–Crippen MR) is 62.8 cm³/mol. The average Bonchev–Trinajstić information content (AvgIpc) is 2.48. The van der Waals surface area contributed by atoms with Gasteiger partial charge in [-0.1, -0.05) is 39.3 Å². The normalized spacial score (nSPS) is 48.3. The molecule has 0 aliphatic heterocycles. The first-order valence-electron chi connectivity index (χ1n) is 5.72. The van der Waals surface area contributed by atoms with Gasteiger partial charge in [0.15, 0.2) is 0 Å². The lowest BCUT2D eigenvalue weighted by Gasteiger charge is -2.45. The van der Waals surface area contributed by atoms with Gasteiger partial charge in [-0.3, -0.25) is 4.79 Å². The van der Waals surface area contributed by atoms with Gasteiger partial charge in [0.05, 0.1) is 0 Å². The largest absolute Gasteiger partial charge is 0.281 e. The van der Waals surface area contributed by atoms with Crippen molar-refractivity contribution in [1.82, 2.24) is 0 Å². The minimum atomic E-state index is -0.209. The number of hydrogen-bond donors (Lipinski definition) is 0. The van der Waals surface area contributed by atoms with Gasteiger partial charge in [0.25, 0.3) is 0 Å². The van der Waals surface area contributed by atoms with Crippen molar-refractivity contribution in [3.05, 3.63) is 12.2 Å². The van der Waals surface area contributed by atoms with Crippen LogP contribution in [0, 0.1) is 16.2 Å². The molecule has 1 fully saturated rings. The summed E-state index contributed by atoms with van der Waals surface area (Å²) in [6.07, 6.45) is 8.73.